The molecule has 1 amide bonds. The van der Waals surface area contributed by atoms with Crippen LogP contribution in [-0.4, -0.2) is 22.4 Å². The van der Waals surface area contributed by atoms with Crippen molar-refractivity contribution in [2.24, 2.45) is 0 Å². The number of nitrogens with one attached hydrogen (secondary N) is 1. The van der Waals surface area contributed by atoms with Gasteiger partial charge in [-0.2, -0.15) is 0 Å². The number of rotatable bonds is 5. The largest absolute Gasteiger partial charge is 0.491 e. The summed E-state index contributed by atoms with van der Waals surface area (Å²) < 4.78 is 5.59. The van der Waals surface area contributed by atoms with Crippen LogP contribution in [0.4, 0.5) is 0 Å². The molecule has 0 aromatic heterocycles. The van der Waals surface area contributed by atoms with E-state index in [0.717, 1.165) is 0 Å². The highest BCUT2D eigenvalue weighted by atomic mass is 79.9. The Labute approximate surface area is 123 Å². The predicted octanol–water partition coefficient (Wildman–Crippen LogP) is 3.77. The van der Waals surface area contributed by atoms with Crippen molar-refractivity contribution in [3.8, 4) is 5.75 Å². The van der Waals surface area contributed by atoms with Gasteiger partial charge in [-0.3, -0.25) is 4.79 Å². The zero-order chi connectivity index (χ0) is 14.6. The number of halogens is 1. The van der Waals surface area contributed by atoms with E-state index in [2.05, 4.69) is 21.2 Å². The van der Waals surface area contributed by atoms with Crippen LogP contribution in [0.15, 0.2) is 24.3 Å². The van der Waals surface area contributed by atoms with Gasteiger partial charge in [-0.1, -0.05) is 28.9 Å². The summed E-state index contributed by atoms with van der Waals surface area (Å²) in [4.78, 5) is 12.4. The summed E-state index contributed by atoms with van der Waals surface area (Å²) in [6.45, 7) is 9.90. The molecule has 0 heterocycles. The Morgan fingerprint density at radius 3 is 2.47 bits per heavy atom. The van der Waals surface area contributed by atoms with E-state index < -0.39 is 0 Å². The fourth-order valence-corrected chi connectivity index (χ4v) is 1.56. The van der Waals surface area contributed by atoms with Gasteiger partial charge < -0.3 is 10.1 Å². The zero-order valence-electron chi connectivity index (χ0n) is 12.2. The Morgan fingerprint density at radius 2 is 1.95 bits per heavy atom. The van der Waals surface area contributed by atoms with Crippen molar-refractivity contribution >= 4 is 21.8 Å². The first-order chi connectivity index (χ1) is 8.72. The summed E-state index contributed by atoms with van der Waals surface area (Å²) in [7, 11) is 0. The third-order valence-corrected chi connectivity index (χ3v) is 4.04. The second-order valence-corrected chi connectivity index (χ2v) is 6.86. The minimum absolute atomic E-state index is 0.0921. The van der Waals surface area contributed by atoms with E-state index in [1.165, 1.54) is 0 Å². The maximum atomic E-state index is 12.2. The molecule has 19 heavy (non-hydrogen) atoms. The van der Waals surface area contributed by atoms with Gasteiger partial charge in [0.1, 0.15) is 5.75 Å². The Kier molecular flexibility index (Phi) is 5.41. The molecule has 0 spiro atoms. The van der Waals surface area contributed by atoms with Crippen LogP contribution in [0.3, 0.4) is 0 Å². The summed E-state index contributed by atoms with van der Waals surface area (Å²) in [6, 6.07) is 7.24. The smallest absolute Gasteiger partial charge is 0.251 e. The number of benzene rings is 1. The lowest BCUT2D eigenvalue weighted by Gasteiger charge is -2.29. The maximum absolute atomic E-state index is 12.2. The summed E-state index contributed by atoms with van der Waals surface area (Å²) >= 11 is 3.50. The molecular weight excluding hydrogens is 306 g/mol. The van der Waals surface area contributed by atoms with Crippen LogP contribution < -0.4 is 10.1 Å². The third kappa shape index (κ3) is 4.86. The number of hydrogen-bond acceptors (Lipinski definition) is 2. The van der Waals surface area contributed by atoms with Crippen molar-refractivity contribution in [1.29, 1.82) is 0 Å². The van der Waals surface area contributed by atoms with Crippen molar-refractivity contribution in [2.45, 2.75) is 51.1 Å². The molecule has 0 aliphatic carbocycles. The third-order valence-electron chi connectivity index (χ3n) is 2.90. The Hall–Kier alpha value is -1.03. The lowest BCUT2D eigenvalue weighted by atomic mass is 10.0. The molecule has 106 valence electrons. The normalized spacial score (nSPS) is 13.2. The van der Waals surface area contributed by atoms with Crippen LogP contribution >= 0.6 is 15.9 Å². The van der Waals surface area contributed by atoms with Crippen molar-refractivity contribution in [2.75, 3.05) is 0 Å². The Morgan fingerprint density at radius 1 is 1.32 bits per heavy atom. The predicted molar refractivity (Wildman–Crippen MR) is 82.1 cm³/mol. The molecule has 1 aromatic rings. The van der Waals surface area contributed by atoms with Crippen molar-refractivity contribution in [3.63, 3.8) is 0 Å². The molecule has 0 saturated carbocycles. The summed E-state index contributed by atoms with van der Waals surface area (Å²) in [5.41, 5.74) is 0.297. The first-order valence-corrected chi connectivity index (χ1v) is 7.37. The van der Waals surface area contributed by atoms with Gasteiger partial charge >= 0.3 is 0 Å². The van der Waals surface area contributed by atoms with E-state index in [1.807, 2.05) is 46.8 Å². The van der Waals surface area contributed by atoms with Gasteiger partial charge in [-0.15, -0.1) is 0 Å². The number of ether oxygens (including phenoxy) is 1. The Balaban J connectivity index is 2.83. The average molecular weight is 328 g/mol. The van der Waals surface area contributed by atoms with Crippen molar-refractivity contribution in [1.82, 2.24) is 5.32 Å². The molecule has 1 aromatic carbocycles. The highest BCUT2D eigenvalue weighted by Gasteiger charge is 2.26. The number of carbonyl (C=O) groups excluding carboxylic acids is 1. The van der Waals surface area contributed by atoms with Crippen LogP contribution in [0.1, 0.15) is 45.0 Å². The molecule has 0 saturated heterocycles. The highest BCUT2D eigenvalue weighted by molar-refractivity contribution is 9.09. The van der Waals surface area contributed by atoms with Crippen molar-refractivity contribution in [3.05, 3.63) is 29.8 Å². The summed E-state index contributed by atoms with van der Waals surface area (Å²) in [5, 5.41) is 3.01. The molecule has 4 heteroatoms. The average Bonchev–Trinajstić information content (AvgIpc) is 2.27. The number of amides is 1. The van der Waals surface area contributed by atoms with E-state index in [4.69, 9.17) is 4.74 Å². The maximum Gasteiger partial charge on any atom is 0.251 e. The highest BCUT2D eigenvalue weighted by Crippen LogP contribution is 2.19. The van der Waals surface area contributed by atoms with Gasteiger partial charge in [-0.05, 0) is 45.9 Å². The van der Waals surface area contributed by atoms with Crippen LogP contribution in [0.5, 0.6) is 5.75 Å². The van der Waals surface area contributed by atoms with E-state index in [-0.39, 0.29) is 22.4 Å². The summed E-state index contributed by atoms with van der Waals surface area (Å²) in [5.74, 6) is 0.623. The minimum atomic E-state index is -0.313. The molecule has 0 aliphatic heterocycles. The second kappa shape index (κ2) is 6.42. The monoisotopic (exact) mass is 327 g/mol. The fourth-order valence-electron chi connectivity index (χ4n) is 1.45. The second-order valence-electron chi connectivity index (χ2n) is 5.49. The topological polar surface area (TPSA) is 38.3 Å². The molecule has 0 fully saturated rings. The van der Waals surface area contributed by atoms with Gasteiger partial charge in [0.25, 0.3) is 5.91 Å². The number of hydrogen-bond donors (Lipinski definition) is 1. The quantitative estimate of drug-likeness (QED) is 0.836. The lowest BCUT2D eigenvalue weighted by molar-refractivity contribution is 0.0913. The van der Waals surface area contributed by atoms with Crippen LogP contribution in [0.2, 0.25) is 0 Å². The van der Waals surface area contributed by atoms with E-state index >= 15 is 0 Å². The molecule has 0 bridgehead atoms. The van der Waals surface area contributed by atoms with Crippen LogP contribution in [0, 0.1) is 0 Å². The number of alkyl halides is 1. The molecule has 1 atom stereocenters. The first kappa shape index (κ1) is 16.0. The summed E-state index contributed by atoms with van der Waals surface area (Å²) in [6.07, 6.45) is 0.0947. The standard InChI is InChI=1S/C15H22BrNO2/c1-10(2)19-13-8-6-7-12(9-13)14(18)17-15(4,5)11(3)16/h6-11H,1-5H3,(H,17,18). The SMILES string of the molecule is CC(C)Oc1cccc(C(=O)NC(C)(C)C(C)Br)c1. The molecule has 1 N–H and O–H groups in total. The van der Waals surface area contributed by atoms with E-state index in [0.29, 0.717) is 11.3 Å². The Bertz CT molecular complexity index is 442. The van der Waals surface area contributed by atoms with Gasteiger partial charge in [0.15, 0.2) is 0 Å². The first-order valence-electron chi connectivity index (χ1n) is 6.45. The van der Waals surface area contributed by atoms with E-state index in [9.17, 15) is 4.79 Å². The zero-order valence-corrected chi connectivity index (χ0v) is 13.7. The fraction of sp³-hybridized carbons (Fsp3) is 0.533. The van der Waals surface area contributed by atoms with Crippen LogP contribution in [-0.2, 0) is 0 Å². The van der Waals surface area contributed by atoms with Gasteiger partial charge in [0, 0.05) is 15.9 Å². The minimum Gasteiger partial charge on any atom is -0.491 e. The van der Waals surface area contributed by atoms with Crippen LogP contribution in [0.25, 0.3) is 0 Å². The molecule has 0 radical (unpaired) electrons. The van der Waals surface area contributed by atoms with E-state index in [1.54, 1.807) is 12.1 Å². The molecule has 1 unspecified atom stereocenters. The van der Waals surface area contributed by atoms with Crippen molar-refractivity contribution < 1.29 is 9.53 Å². The van der Waals surface area contributed by atoms with Gasteiger partial charge in [0.05, 0.1) is 6.10 Å². The number of carbonyl (C=O) groups is 1. The molecular formula is C15H22BrNO2. The molecule has 0 aliphatic rings. The van der Waals surface area contributed by atoms with Gasteiger partial charge in [-0.25, -0.2) is 0 Å². The van der Waals surface area contributed by atoms with Gasteiger partial charge in [0.2, 0.25) is 0 Å². The molecule has 1 rings (SSSR count). The lowest BCUT2D eigenvalue weighted by Crippen LogP contribution is -2.48. The molecule has 3 nitrogen and oxygen atoms in total.